The van der Waals surface area contributed by atoms with E-state index >= 15 is 0 Å². The van der Waals surface area contributed by atoms with Gasteiger partial charge in [0, 0.05) is 25.0 Å². The molecule has 0 spiro atoms. The number of H-pyrrole nitrogens is 1. The number of pyridine rings is 1. The van der Waals surface area contributed by atoms with Crippen LogP contribution in [0, 0.1) is 5.92 Å². The lowest BCUT2D eigenvalue weighted by molar-refractivity contribution is 0.0950. The molecule has 100 valence electrons. The number of amides is 1. The van der Waals surface area contributed by atoms with Crippen LogP contribution in [0.2, 0.25) is 0 Å². The first-order valence-corrected chi connectivity index (χ1v) is 6.63. The average molecular weight is 271 g/mol. The molecule has 1 unspecified atom stereocenters. The Morgan fingerprint density at radius 1 is 1.44 bits per heavy atom. The lowest BCUT2D eigenvalue weighted by Gasteiger charge is -2.19. The summed E-state index contributed by atoms with van der Waals surface area (Å²) in [4.78, 5) is 25.9. The summed E-state index contributed by atoms with van der Waals surface area (Å²) in [5, 5.41) is 2.59. The van der Waals surface area contributed by atoms with Gasteiger partial charge in [-0.15, -0.1) is 11.6 Å². The van der Waals surface area contributed by atoms with Gasteiger partial charge in [-0.2, -0.15) is 0 Å². The Balaban J connectivity index is 2.57. The Bertz CT molecular complexity index is 441. The van der Waals surface area contributed by atoms with Crippen LogP contribution in [-0.4, -0.2) is 22.8 Å². The van der Waals surface area contributed by atoms with Crippen molar-refractivity contribution in [1.82, 2.24) is 10.3 Å². The minimum atomic E-state index is -0.381. The van der Waals surface area contributed by atoms with Gasteiger partial charge in [0.2, 0.25) is 0 Å². The lowest BCUT2D eigenvalue weighted by Crippen LogP contribution is -2.35. The molecule has 18 heavy (non-hydrogen) atoms. The summed E-state index contributed by atoms with van der Waals surface area (Å²) >= 11 is 6.22. The van der Waals surface area contributed by atoms with Crippen molar-refractivity contribution in [3.8, 4) is 0 Å². The zero-order chi connectivity index (χ0) is 13.5. The molecule has 1 atom stereocenters. The molecule has 1 heterocycles. The van der Waals surface area contributed by atoms with E-state index in [0.717, 1.165) is 12.8 Å². The molecular formula is C13H19ClN2O2. The maximum Gasteiger partial charge on any atom is 0.256 e. The van der Waals surface area contributed by atoms with E-state index in [2.05, 4.69) is 24.1 Å². The van der Waals surface area contributed by atoms with Crippen molar-refractivity contribution in [1.29, 1.82) is 0 Å². The van der Waals surface area contributed by atoms with Gasteiger partial charge in [0.1, 0.15) is 5.56 Å². The largest absolute Gasteiger partial charge is 0.367 e. The third-order valence-corrected chi connectivity index (χ3v) is 3.60. The van der Waals surface area contributed by atoms with Crippen LogP contribution in [0.1, 0.15) is 37.0 Å². The number of rotatable bonds is 6. The summed E-state index contributed by atoms with van der Waals surface area (Å²) in [7, 11) is 0. The minimum Gasteiger partial charge on any atom is -0.367 e. The van der Waals surface area contributed by atoms with Gasteiger partial charge in [0.25, 0.3) is 5.91 Å². The van der Waals surface area contributed by atoms with Crippen molar-refractivity contribution in [3.05, 3.63) is 34.2 Å². The number of carbonyl (C=O) groups excluding carboxylic acids is 1. The molecule has 0 bridgehead atoms. The van der Waals surface area contributed by atoms with E-state index in [1.54, 1.807) is 0 Å². The van der Waals surface area contributed by atoms with Crippen molar-refractivity contribution in [2.45, 2.75) is 32.1 Å². The van der Waals surface area contributed by atoms with Crippen LogP contribution in [0.3, 0.4) is 0 Å². The molecule has 0 aliphatic rings. The van der Waals surface area contributed by atoms with Crippen molar-refractivity contribution in [2.75, 3.05) is 6.54 Å². The molecule has 0 aliphatic heterocycles. The monoisotopic (exact) mass is 270 g/mol. The van der Waals surface area contributed by atoms with Crippen molar-refractivity contribution in [3.63, 3.8) is 0 Å². The van der Waals surface area contributed by atoms with Gasteiger partial charge in [-0.3, -0.25) is 9.59 Å². The second-order valence-electron chi connectivity index (χ2n) is 4.22. The molecule has 0 fully saturated rings. The predicted molar refractivity (Wildman–Crippen MR) is 73.1 cm³/mol. The lowest BCUT2D eigenvalue weighted by atomic mass is 9.99. The molecule has 0 aliphatic carbocycles. The maximum atomic E-state index is 11.8. The third kappa shape index (κ3) is 3.88. The Kier molecular flexibility index (Phi) is 5.92. The van der Waals surface area contributed by atoms with Crippen molar-refractivity contribution >= 4 is 17.5 Å². The highest BCUT2D eigenvalue weighted by molar-refractivity contribution is 6.21. The molecule has 0 radical (unpaired) electrons. The number of aromatic nitrogens is 1. The molecule has 0 aromatic carbocycles. The summed E-state index contributed by atoms with van der Waals surface area (Å²) in [6.07, 6.45) is 4.85. The molecule has 4 nitrogen and oxygen atoms in total. The normalized spacial score (nSPS) is 12.4. The molecule has 2 N–H and O–H groups in total. The van der Waals surface area contributed by atoms with E-state index in [1.165, 1.54) is 18.5 Å². The molecule has 1 rings (SSSR count). The summed E-state index contributed by atoms with van der Waals surface area (Å²) < 4.78 is 0. The molecule has 1 aromatic heterocycles. The van der Waals surface area contributed by atoms with E-state index in [0.29, 0.717) is 12.5 Å². The highest BCUT2D eigenvalue weighted by Gasteiger charge is 2.17. The minimum absolute atomic E-state index is 0.105. The number of halogens is 1. The van der Waals surface area contributed by atoms with Gasteiger partial charge in [0.05, 0.1) is 5.38 Å². The van der Waals surface area contributed by atoms with Crippen LogP contribution < -0.4 is 10.7 Å². The van der Waals surface area contributed by atoms with Crippen LogP contribution >= 0.6 is 11.6 Å². The van der Waals surface area contributed by atoms with E-state index in [-0.39, 0.29) is 22.3 Å². The summed E-state index contributed by atoms with van der Waals surface area (Å²) in [6, 6.07) is 1.33. The Morgan fingerprint density at radius 2 is 2.11 bits per heavy atom. The quantitative estimate of drug-likeness (QED) is 0.778. The third-order valence-electron chi connectivity index (χ3n) is 3.09. The Morgan fingerprint density at radius 3 is 2.67 bits per heavy atom. The topological polar surface area (TPSA) is 62.0 Å². The SMILES string of the molecule is CCC(CC)C(Cl)CNC(=O)c1c[nH]ccc1=O. The van der Waals surface area contributed by atoms with Gasteiger partial charge in [-0.05, 0) is 5.92 Å². The average Bonchev–Trinajstić information content (AvgIpc) is 2.38. The van der Waals surface area contributed by atoms with E-state index in [4.69, 9.17) is 11.6 Å². The van der Waals surface area contributed by atoms with E-state index in [1.807, 2.05) is 0 Å². The van der Waals surface area contributed by atoms with E-state index in [9.17, 15) is 9.59 Å². The van der Waals surface area contributed by atoms with Crippen molar-refractivity contribution < 1.29 is 4.79 Å². The number of aromatic amines is 1. The summed E-state index contributed by atoms with van der Waals surface area (Å²) in [5.74, 6) is -0.00511. The number of hydrogen-bond acceptors (Lipinski definition) is 2. The van der Waals surface area contributed by atoms with Gasteiger partial charge in [0.15, 0.2) is 5.43 Å². The second kappa shape index (κ2) is 7.21. The fraction of sp³-hybridized carbons (Fsp3) is 0.538. The molecule has 0 saturated heterocycles. The first kappa shape index (κ1) is 14.8. The molecule has 1 amide bonds. The fourth-order valence-corrected chi connectivity index (χ4v) is 2.28. The number of alkyl halides is 1. The summed E-state index contributed by atoms with van der Waals surface area (Å²) in [6.45, 7) is 4.53. The Hall–Kier alpha value is -1.29. The Labute approximate surface area is 112 Å². The number of nitrogens with one attached hydrogen (secondary N) is 2. The zero-order valence-corrected chi connectivity index (χ0v) is 11.5. The van der Waals surface area contributed by atoms with Crippen LogP contribution in [0.5, 0.6) is 0 Å². The van der Waals surface area contributed by atoms with Gasteiger partial charge in [-0.25, -0.2) is 0 Å². The van der Waals surface area contributed by atoms with Crippen LogP contribution in [-0.2, 0) is 0 Å². The smallest absolute Gasteiger partial charge is 0.256 e. The standard InChI is InChI=1S/C13H19ClN2O2/c1-3-9(4-2)11(14)8-16-13(18)10-7-15-6-5-12(10)17/h5-7,9,11H,3-4,8H2,1-2H3,(H,15,17)(H,16,18). The maximum absolute atomic E-state index is 11.8. The first-order chi connectivity index (χ1) is 8.60. The number of hydrogen-bond donors (Lipinski definition) is 2. The fourth-order valence-electron chi connectivity index (χ4n) is 1.85. The number of carbonyl (C=O) groups is 1. The summed E-state index contributed by atoms with van der Waals surface area (Å²) in [5.41, 5.74) is -0.175. The van der Waals surface area contributed by atoms with Crippen LogP contribution in [0.4, 0.5) is 0 Å². The molecule has 0 saturated carbocycles. The highest BCUT2D eigenvalue weighted by Crippen LogP contribution is 2.17. The molecule has 5 heteroatoms. The second-order valence-corrected chi connectivity index (χ2v) is 4.79. The predicted octanol–water partition coefficient (Wildman–Crippen LogP) is 2.15. The van der Waals surface area contributed by atoms with E-state index < -0.39 is 0 Å². The van der Waals surface area contributed by atoms with Gasteiger partial charge in [-0.1, -0.05) is 26.7 Å². The molecule has 1 aromatic rings. The van der Waals surface area contributed by atoms with Gasteiger partial charge < -0.3 is 10.3 Å². The van der Waals surface area contributed by atoms with Gasteiger partial charge >= 0.3 is 0 Å². The van der Waals surface area contributed by atoms with Crippen LogP contribution in [0.15, 0.2) is 23.3 Å². The molecular weight excluding hydrogens is 252 g/mol. The van der Waals surface area contributed by atoms with Crippen molar-refractivity contribution in [2.24, 2.45) is 5.92 Å². The first-order valence-electron chi connectivity index (χ1n) is 6.19. The highest BCUT2D eigenvalue weighted by atomic mass is 35.5. The zero-order valence-electron chi connectivity index (χ0n) is 10.7. The van der Waals surface area contributed by atoms with Crippen LogP contribution in [0.25, 0.3) is 0 Å².